The molecule has 0 fully saturated rings. The lowest BCUT2D eigenvalue weighted by atomic mass is 10.1. The van der Waals surface area contributed by atoms with Crippen LogP contribution in [0.1, 0.15) is 18.4 Å². The van der Waals surface area contributed by atoms with Crippen molar-refractivity contribution < 1.29 is 9.50 Å². The second kappa shape index (κ2) is 9.66. The Balaban J connectivity index is 2.58. The summed E-state index contributed by atoms with van der Waals surface area (Å²) < 4.78 is 13.0. The van der Waals surface area contributed by atoms with E-state index in [2.05, 4.69) is 16.4 Å². The second-order valence-corrected chi connectivity index (χ2v) is 5.68. The number of hydrogen-bond acceptors (Lipinski definition) is 3. The maximum absolute atomic E-state index is 13.0. The highest BCUT2D eigenvalue weighted by molar-refractivity contribution is 5.15. The third-order valence-corrected chi connectivity index (χ3v) is 3.36. The van der Waals surface area contributed by atoms with Crippen LogP contribution in [0.2, 0.25) is 0 Å². The number of benzene rings is 1. The molecule has 1 unspecified atom stereocenters. The van der Waals surface area contributed by atoms with Crippen LogP contribution in [0.15, 0.2) is 36.9 Å². The Bertz CT molecular complexity index is 406. The summed E-state index contributed by atoms with van der Waals surface area (Å²) in [5.74, 6) is -0.218. The van der Waals surface area contributed by atoms with Crippen LogP contribution in [0, 0.1) is 5.82 Å². The Morgan fingerprint density at radius 1 is 1.24 bits per heavy atom. The normalized spacial score (nSPS) is 12.9. The summed E-state index contributed by atoms with van der Waals surface area (Å²) in [5, 5.41) is 10.1. The number of hydrogen-bond donors (Lipinski definition) is 1. The molecule has 0 aromatic heterocycles. The van der Waals surface area contributed by atoms with E-state index in [0.717, 1.165) is 38.0 Å². The molecule has 0 saturated heterocycles. The van der Waals surface area contributed by atoms with E-state index in [9.17, 15) is 9.50 Å². The van der Waals surface area contributed by atoms with Gasteiger partial charge in [0.15, 0.2) is 0 Å². The van der Waals surface area contributed by atoms with Crippen LogP contribution >= 0.6 is 0 Å². The summed E-state index contributed by atoms with van der Waals surface area (Å²) in [6.45, 7) is 6.82. The number of likely N-dealkylation sites (N-methyl/N-ethyl adjacent to an activating group) is 1. The smallest absolute Gasteiger partial charge is 0.123 e. The fourth-order valence-electron chi connectivity index (χ4n) is 2.12. The standard InChI is InChI=1S/C17H27FN2O/c1-4-5-6-17(21)14-20(12-11-19(2)3)13-15-7-9-16(18)10-8-15/h4,7-10,17,21H,1,5-6,11-14H2,2-3H3. The van der Waals surface area contributed by atoms with E-state index in [-0.39, 0.29) is 11.9 Å². The first kappa shape index (κ1) is 17.8. The predicted molar refractivity (Wildman–Crippen MR) is 85.7 cm³/mol. The zero-order valence-corrected chi connectivity index (χ0v) is 13.1. The van der Waals surface area contributed by atoms with Gasteiger partial charge in [0.25, 0.3) is 0 Å². The van der Waals surface area contributed by atoms with Crippen LogP contribution in [-0.4, -0.2) is 54.7 Å². The lowest BCUT2D eigenvalue weighted by Crippen LogP contribution is -2.36. The van der Waals surface area contributed by atoms with Crippen molar-refractivity contribution in [3.05, 3.63) is 48.3 Å². The number of aliphatic hydroxyl groups excluding tert-OH is 1. The third-order valence-electron chi connectivity index (χ3n) is 3.36. The van der Waals surface area contributed by atoms with E-state index >= 15 is 0 Å². The van der Waals surface area contributed by atoms with Gasteiger partial charge >= 0.3 is 0 Å². The number of halogens is 1. The van der Waals surface area contributed by atoms with Gasteiger partial charge in [-0.3, -0.25) is 4.90 Å². The van der Waals surface area contributed by atoms with Crippen molar-refractivity contribution in [3.8, 4) is 0 Å². The van der Waals surface area contributed by atoms with E-state index in [1.165, 1.54) is 12.1 Å². The minimum absolute atomic E-state index is 0.218. The summed E-state index contributed by atoms with van der Waals surface area (Å²) in [7, 11) is 4.06. The molecule has 0 aliphatic heterocycles. The van der Waals surface area contributed by atoms with E-state index in [0.29, 0.717) is 6.54 Å². The van der Waals surface area contributed by atoms with Gasteiger partial charge in [-0.1, -0.05) is 18.2 Å². The van der Waals surface area contributed by atoms with Gasteiger partial charge in [-0.2, -0.15) is 0 Å². The summed E-state index contributed by atoms with van der Waals surface area (Å²) in [6.07, 6.45) is 3.02. The highest BCUT2D eigenvalue weighted by Gasteiger charge is 2.12. The Hall–Kier alpha value is -1.23. The van der Waals surface area contributed by atoms with Gasteiger partial charge in [0.1, 0.15) is 5.82 Å². The molecular formula is C17H27FN2O. The molecule has 1 aromatic carbocycles. The van der Waals surface area contributed by atoms with Crippen molar-refractivity contribution in [1.29, 1.82) is 0 Å². The molecule has 118 valence electrons. The Labute approximate surface area is 127 Å². The molecule has 1 N–H and O–H groups in total. The van der Waals surface area contributed by atoms with Crippen LogP contribution in [0.5, 0.6) is 0 Å². The molecule has 0 radical (unpaired) electrons. The highest BCUT2D eigenvalue weighted by atomic mass is 19.1. The average Bonchev–Trinajstić information content (AvgIpc) is 2.45. The van der Waals surface area contributed by atoms with Gasteiger partial charge in [0.2, 0.25) is 0 Å². The summed E-state index contributed by atoms with van der Waals surface area (Å²) in [6, 6.07) is 6.56. The zero-order valence-electron chi connectivity index (χ0n) is 13.1. The lowest BCUT2D eigenvalue weighted by molar-refractivity contribution is 0.0981. The van der Waals surface area contributed by atoms with Crippen molar-refractivity contribution in [1.82, 2.24) is 9.80 Å². The molecule has 0 spiro atoms. The van der Waals surface area contributed by atoms with E-state index in [1.807, 2.05) is 20.2 Å². The van der Waals surface area contributed by atoms with Crippen LogP contribution in [0.4, 0.5) is 4.39 Å². The Kier molecular flexibility index (Phi) is 8.20. The van der Waals surface area contributed by atoms with Crippen LogP contribution in [0.25, 0.3) is 0 Å². The quantitative estimate of drug-likeness (QED) is 0.672. The molecule has 1 atom stereocenters. The summed E-state index contributed by atoms with van der Waals surface area (Å²) >= 11 is 0. The number of nitrogens with zero attached hydrogens (tertiary/aromatic N) is 2. The summed E-state index contributed by atoms with van der Waals surface area (Å²) in [5.41, 5.74) is 1.06. The van der Waals surface area contributed by atoms with Gasteiger partial charge < -0.3 is 10.0 Å². The lowest BCUT2D eigenvalue weighted by Gasteiger charge is -2.26. The van der Waals surface area contributed by atoms with E-state index in [1.54, 1.807) is 12.1 Å². The van der Waals surface area contributed by atoms with Crippen LogP contribution in [-0.2, 0) is 6.54 Å². The fourth-order valence-corrected chi connectivity index (χ4v) is 2.12. The highest BCUT2D eigenvalue weighted by Crippen LogP contribution is 2.09. The van der Waals surface area contributed by atoms with Gasteiger partial charge in [0, 0.05) is 26.2 Å². The van der Waals surface area contributed by atoms with Crippen molar-refractivity contribution in [2.75, 3.05) is 33.7 Å². The predicted octanol–water partition coefficient (Wildman–Crippen LogP) is 2.52. The minimum atomic E-state index is -0.356. The van der Waals surface area contributed by atoms with E-state index < -0.39 is 0 Å². The largest absolute Gasteiger partial charge is 0.392 e. The molecule has 21 heavy (non-hydrogen) atoms. The summed E-state index contributed by atoms with van der Waals surface area (Å²) in [4.78, 5) is 4.33. The number of aliphatic hydroxyl groups is 1. The SMILES string of the molecule is C=CCCC(O)CN(CCN(C)C)Cc1ccc(F)cc1. The van der Waals surface area contributed by atoms with Gasteiger partial charge in [-0.25, -0.2) is 4.39 Å². The topological polar surface area (TPSA) is 26.7 Å². The fraction of sp³-hybridized carbons (Fsp3) is 0.529. The first-order valence-corrected chi connectivity index (χ1v) is 7.41. The van der Waals surface area contributed by atoms with Crippen LogP contribution < -0.4 is 0 Å². The molecule has 0 amide bonds. The number of allylic oxidation sites excluding steroid dienone is 1. The molecule has 3 nitrogen and oxygen atoms in total. The monoisotopic (exact) mass is 294 g/mol. The van der Waals surface area contributed by atoms with Crippen molar-refractivity contribution in [2.24, 2.45) is 0 Å². The molecule has 0 heterocycles. The second-order valence-electron chi connectivity index (χ2n) is 5.68. The molecular weight excluding hydrogens is 267 g/mol. The van der Waals surface area contributed by atoms with Gasteiger partial charge in [-0.15, -0.1) is 6.58 Å². The molecule has 4 heteroatoms. The number of rotatable bonds is 10. The Morgan fingerprint density at radius 3 is 2.48 bits per heavy atom. The molecule has 0 saturated carbocycles. The average molecular weight is 294 g/mol. The molecule has 1 aromatic rings. The van der Waals surface area contributed by atoms with E-state index in [4.69, 9.17) is 0 Å². The minimum Gasteiger partial charge on any atom is -0.392 e. The zero-order chi connectivity index (χ0) is 15.7. The van der Waals surface area contributed by atoms with Crippen LogP contribution in [0.3, 0.4) is 0 Å². The molecule has 1 rings (SSSR count). The first-order valence-electron chi connectivity index (χ1n) is 7.41. The van der Waals surface area contributed by atoms with Crippen molar-refractivity contribution in [3.63, 3.8) is 0 Å². The first-order chi connectivity index (χ1) is 10.0. The van der Waals surface area contributed by atoms with Crippen molar-refractivity contribution in [2.45, 2.75) is 25.5 Å². The third kappa shape index (κ3) is 7.95. The molecule has 0 aliphatic carbocycles. The molecule has 0 aliphatic rings. The van der Waals surface area contributed by atoms with Gasteiger partial charge in [0.05, 0.1) is 6.10 Å². The van der Waals surface area contributed by atoms with Crippen molar-refractivity contribution >= 4 is 0 Å². The Morgan fingerprint density at radius 2 is 1.90 bits per heavy atom. The maximum atomic E-state index is 13.0. The maximum Gasteiger partial charge on any atom is 0.123 e. The van der Waals surface area contributed by atoms with Gasteiger partial charge in [-0.05, 0) is 44.6 Å². The molecule has 0 bridgehead atoms.